The maximum absolute atomic E-state index is 12.4. The number of benzene rings is 1. The fourth-order valence-electron chi connectivity index (χ4n) is 2.89. The molecule has 0 radical (unpaired) electrons. The number of aromatic amines is 1. The number of fused-ring (bicyclic) bond motifs is 1. The van der Waals surface area contributed by atoms with Crippen molar-refractivity contribution in [2.24, 2.45) is 0 Å². The molecule has 27 heavy (non-hydrogen) atoms. The summed E-state index contributed by atoms with van der Waals surface area (Å²) in [4.78, 5) is 24.1. The number of carbonyl (C=O) groups is 1. The van der Waals surface area contributed by atoms with Gasteiger partial charge < -0.3 is 20.1 Å². The van der Waals surface area contributed by atoms with Crippen LogP contribution in [0.2, 0.25) is 0 Å². The zero-order valence-electron chi connectivity index (χ0n) is 14.3. The maximum atomic E-state index is 12.4. The van der Waals surface area contributed by atoms with Crippen LogP contribution in [0.1, 0.15) is 23.3 Å². The number of hydrogen-bond donors (Lipinski definition) is 3. The van der Waals surface area contributed by atoms with Gasteiger partial charge in [0, 0.05) is 37.2 Å². The molecule has 1 aliphatic heterocycles. The molecule has 8 nitrogen and oxygen atoms in total. The fourth-order valence-corrected chi connectivity index (χ4v) is 2.89. The van der Waals surface area contributed by atoms with Gasteiger partial charge in [0.15, 0.2) is 5.82 Å². The van der Waals surface area contributed by atoms with E-state index in [2.05, 4.69) is 30.7 Å². The Morgan fingerprint density at radius 3 is 2.89 bits per heavy atom. The van der Waals surface area contributed by atoms with Crippen LogP contribution in [0.4, 0.5) is 0 Å². The zero-order valence-corrected chi connectivity index (χ0v) is 16.0. The van der Waals surface area contributed by atoms with Gasteiger partial charge in [-0.05, 0) is 12.1 Å². The first-order valence-electron chi connectivity index (χ1n) is 8.22. The number of halogens is 2. The SMILES string of the molecule is Cl.Cl.O=C(NCCc1noc(-c2ccccc2)n1)C1NCCc2[nH]cnc21. The molecule has 1 aromatic carbocycles. The number of H-pyrrole nitrogens is 1. The van der Waals surface area contributed by atoms with Crippen molar-refractivity contribution in [3.8, 4) is 11.5 Å². The molecular weight excluding hydrogens is 391 g/mol. The predicted octanol–water partition coefficient (Wildman–Crippen LogP) is 1.85. The van der Waals surface area contributed by atoms with Gasteiger partial charge in [0.1, 0.15) is 6.04 Å². The summed E-state index contributed by atoms with van der Waals surface area (Å²) in [6.45, 7) is 1.18. The highest BCUT2D eigenvalue weighted by atomic mass is 35.5. The second kappa shape index (κ2) is 9.50. The average molecular weight is 411 g/mol. The second-order valence-electron chi connectivity index (χ2n) is 5.83. The van der Waals surface area contributed by atoms with E-state index in [0.29, 0.717) is 24.7 Å². The minimum Gasteiger partial charge on any atom is -0.354 e. The lowest BCUT2D eigenvalue weighted by Gasteiger charge is -2.22. The van der Waals surface area contributed by atoms with E-state index in [4.69, 9.17) is 4.52 Å². The standard InChI is InChI=1S/C17H18N6O2.2ClH/c24-16(15-14-12(6-8-18-15)20-10-21-14)19-9-7-13-22-17(25-23-13)11-4-2-1-3-5-11;;/h1-5,10,15,18H,6-9H2,(H,19,24)(H,20,21);2*1H. The van der Waals surface area contributed by atoms with Crippen molar-refractivity contribution in [3.63, 3.8) is 0 Å². The molecule has 1 unspecified atom stereocenters. The highest BCUT2D eigenvalue weighted by Crippen LogP contribution is 2.19. The summed E-state index contributed by atoms with van der Waals surface area (Å²) in [6, 6.07) is 9.17. The van der Waals surface area contributed by atoms with Crippen LogP contribution in [0.5, 0.6) is 0 Å². The number of nitrogens with one attached hydrogen (secondary N) is 3. The Morgan fingerprint density at radius 1 is 1.26 bits per heavy atom. The molecule has 3 aromatic rings. The number of carbonyl (C=O) groups excluding carboxylic acids is 1. The molecule has 0 fully saturated rings. The van der Waals surface area contributed by atoms with Gasteiger partial charge >= 0.3 is 0 Å². The smallest absolute Gasteiger partial charge is 0.257 e. The molecule has 0 aliphatic carbocycles. The van der Waals surface area contributed by atoms with E-state index >= 15 is 0 Å². The lowest BCUT2D eigenvalue weighted by atomic mass is 10.1. The minimum atomic E-state index is -0.417. The van der Waals surface area contributed by atoms with Crippen LogP contribution in [-0.2, 0) is 17.6 Å². The molecule has 4 rings (SSSR count). The number of rotatable bonds is 5. The summed E-state index contributed by atoms with van der Waals surface area (Å²) >= 11 is 0. The Bertz CT molecular complexity index is 867. The third kappa shape index (κ3) is 4.65. The van der Waals surface area contributed by atoms with E-state index < -0.39 is 6.04 Å². The summed E-state index contributed by atoms with van der Waals surface area (Å²) < 4.78 is 5.26. The lowest BCUT2D eigenvalue weighted by molar-refractivity contribution is -0.123. The topological polar surface area (TPSA) is 109 Å². The normalized spacial score (nSPS) is 15.2. The molecule has 3 heterocycles. The van der Waals surface area contributed by atoms with Crippen molar-refractivity contribution in [3.05, 3.63) is 53.9 Å². The highest BCUT2D eigenvalue weighted by Gasteiger charge is 2.28. The van der Waals surface area contributed by atoms with Crippen molar-refractivity contribution >= 4 is 30.7 Å². The van der Waals surface area contributed by atoms with Crippen molar-refractivity contribution < 1.29 is 9.32 Å². The number of hydrogen-bond acceptors (Lipinski definition) is 6. The number of amides is 1. The lowest BCUT2D eigenvalue weighted by Crippen LogP contribution is -2.42. The molecule has 0 saturated heterocycles. The van der Waals surface area contributed by atoms with Crippen molar-refractivity contribution in [1.82, 2.24) is 30.7 Å². The van der Waals surface area contributed by atoms with Crippen LogP contribution < -0.4 is 10.6 Å². The van der Waals surface area contributed by atoms with Crippen LogP contribution in [0.3, 0.4) is 0 Å². The second-order valence-corrected chi connectivity index (χ2v) is 5.83. The van der Waals surface area contributed by atoms with Crippen LogP contribution in [0.25, 0.3) is 11.5 Å². The van der Waals surface area contributed by atoms with E-state index in [1.807, 2.05) is 30.3 Å². The Morgan fingerprint density at radius 2 is 2.07 bits per heavy atom. The van der Waals surface area contributed by atoms with Crippen LogP contribution in [0.15, 0.2) is 41.2 Å². The van der Waals surface area contributed by atoms with E-state index in [0.717, 1.165) is 29.9 Å². The Labute approximate surface area is 168 Å². The molecule has 10 heteroatoms. The van der Waals surface area contributed by atoms with Crippen LogP contribution in [-0.4, -0.2) is 39.1 Å². The van der Waals surface area contributed by atoms with Gasteiger partial charge in [-0.2, -0.15) is 4.98 Å². The first-order valence-corrected chi connectivity index (χ1v) is 8.22. The third-order valence-electron chi connectivity index (χ3n) is 4.15. The van der Waals surface area contributed by atoms with Crippen molar-refractivity contribution in [2.45, 2.75) is 18.9 Å². The van der Waals surface area contributed by atoms with Gasteiger partial charge in [-0.3, -0.25) is 4.79 Å². The molecule has 0 saturated carbocycles. The van der Waals surface area contributed by atoms with Gasteiger partial charge in [0.2, 0.25) is 5.91 Å². The first-order chi connectivity index (χ1) is 12.3. The van der Waals surface area contributed by atoms with Crippen LogP contribution >= 0.6 is 24.8 Å². The molecule has 0 spiro atoms. The zero-order chi connectivity index (χ0) is 17.1. The largest absolute Gasteiger partial charge is 0.354 e. The number of aromatic nitrogens is 4. The maximum Gasteiger partial charge on any atom is 0.257 e. The molecule has 2 aromatic heterocycles. The summed E-state index contributed by atoms with van der Waals surface area (Å²) in [7, 11) is 0. The summed E-state index contributed by atoms with van der Waals surface area (Å²) in [5.74, 6) is 0.952. The summed E-state index contributed by atoms with van der Waals surface area (Å²) in [5, 5.41) is 10.1. The number of imidazole rings is 1. The van der Waals surface area contributed by atoms with Crippen LogP contribution in [0, 0.1) is 0 Å². The highest BCUT2D eigenvalue weighted by molar-refractivity contribution is 5.85. The Balaban J connectivity index is 0.00000131. The Kier molecular flexibility index (Phi) is 7.35. The first kappa shape index (κ1) is 20.9. The average Bonchev–Trinajstić information content (AvgIpc) is 3.31. The van der Waals surface area contributed by atoms with E-state index in [1.54, 1.807) is 6.33 Å². The minimum absolute atomic E-state index is 0. The molecule has 1 amide bonds. The number of nitrogens with zero attached hydrogens (tertiary/aromatic N) is 3. The molecule has 3 N–H and O–H groups in total. The Hall–Kier alpha value is -2.42. The quantitative estimate of drug-likeness (QED) is 0.591. The molecule has 144 valence electrons. The molecule has 0 bridgehead atoms. The van der Waals surface area contributed by atoms with Gasteiger partial charge in [-0.25, -0.2) is 4.98 Å². The predicted molar refractivity (Wildman–Crippen MR) is 104 cm³/mol. The summed E-state index contributed by atoms with van der Waals surface area (Å²) in [5.41, 5.74) is 2.67. The van der Waals surface area contributed by atoms with E-state index in [1.165, 1.54) is 0 Å². The van der Waals surface area contributed by atoms with Crippen molar-refractivity contribution in [1.29, 1.82) is 0 Å². The molecule has 1 atom stereocenters. The van der Waals surface area contributed by atoms with Gasteiger partial charge in [-0.15, -0.1) is 24.8 Å². The van der Waals surface area contributed by atoms with E-state index in [9.17, 15) is 4.79 Å². The van der Waals surface area contributed by atoms with Crippen molar-refractivity contribution in [2.75, 3.05) is 13.1 Å². The monoisotopic (exact) mass is 410 g/mol. The van der Waals surface area contributed by atoms with Gasteiger partial charge in [-0.1, -0.05) is 23.4 Å². The van der Waals surface area contributed by atoms with Gasteiger partial charge in [0.05, 0.1) is 12.0 Å². The van der Waals surface area contributed by atoms with Gasteiger partial charge in [0.25, 0.3) is 5.89 Å². The molecule has 1 aliphatic rings. The fraction of sp³-hybridized carbons (Fsp3) is 0.294. The third-order valence-corrected chi connectivity index (χ3v) is 4.15. The summed E-state index contributed by atoms with van der Waals surface area (Å²) in [6.07, 6.45) is 2.98. The molecular formula is C17H20Cl2N6O2. The van der Waals surface area contributed by atoms with E-state index in [-0.39, 0.29) is 30.7 Å².